The maximum atomic E-state index is 11.5. The second-order valence-corrected chi connectivity index (χ2v) is 3.86. The molecule has 0 aromatic heterocycles. The van der Waals surface area contributed by atoms with Crippen LogP contribution in [0.5, 0.6) is 0 Å². The Bertz CT molecular complexity index is 398. The minimum atomic E-state index is -0.501. The van der Waals surface area contributed by atoms with Crippen LogP contribution in [0.15, 0.2) is 30.3 Å². The molecule has 0 bridgehead atoms. The zero-order valence-electron chi connectivity index (χ0n) is 10.3. The molecule has 0 heterocycles. The van der Waals surface area contributed by atoms with Crippen LogP contribution in [0.2, 0.25) is 0 Å². The van der Waals surface area contributed by atoms with Gasteiger partial charge in [-0.2, -0.15) is 0 Å². The van der Waals surface area contributed by atoms with Gasteiger partial charge in [-0.15, -0.1) is 6.42 Å². The maximum absolute atomic E-state index is 11.5. The summed E-state index contributed by atoms with van der Waals surface area (Å²) in [5, 5.41) is 2.62. The van der Waals surface area contributed by atoms with Gasteiger partial charge in [0.2, 0.25) is 0 Å². The van der Waals surface area contributed by atoms with E-state index in [1.54, 1.807) is 0 Å². The molecule has 1 aromatic carbocycles. The molecule has 4 heteroatoms. The van der Waals surface area contributed by atoms with Crippen molar-refractivity contribution in [3.8, 4) is 12.3 Å². The van der Waals surface area contributed by atoms with Crippen LogP contribution < -0.4 is 11.1 Å². The lowest BCUT2D eigenvalue weighted by Crippen LogP contribution is -2.34. The predicted octanol–water partition coefficient (Wildman–Crippen LogP) is 1.65. The first-order chi connectivity index (χ1) is 8.76. The Morgan fingerprint density at radius 3 is 2.78 bits per heavy atom. The molecule has 0 spiro atoms. The summed E-state index contributed by atoms with van der Waals surface area (Å²) in [5.41, 5.74) is 6.32. The van der Waals surface area contributed by atoms with Crippen molar-refractivity contribution in [2.24, 2.45) is 5.73 Å². The highest BCUT2D eigenvalue weighted by molar-refractivity contribution is 5.68. The SMILES string of the molecule is C#CC(CCCN)NC(=O)OCc1ccccc1. The first-order valence-electron chi connectivity index (χ1n) is 5.89. The number of ether oxygens (including phenoxy) is 1. The van der Waals surface area contributed by atoms with E-state index in [4.69, 9.17) is 16.9 Å². The van der Waals surface area contributed by atoms with Crippen LogP contribution in [0.4, 0.5) is 4.79 Å². The Kier molecular flexibility index (Phi) is 6.37. The lowest BCUT2D eigenvalue weighted by Gasteiger charge is -2.12. The molecular formula is C14H18N2O2. The average Bonchev–Trinajstić information content (AvgIpc) is 2.42. The summed E-state index contributed by atoms with van der Waals surface area (Å²) < 4.78 is 5.06. The first-order valence-corrected chi connectivity index (χ1v) is 5.89. The van der Waals surface area contributed by atoms with Gasteiger partial charge in [-0.1, -0.05) is 36.3 Å². The Morgan fingerprint density at radius 1 is 1.44 bits per heavy atom. The van der Waals surface area contributed by atoms with Gasteiger partial charge >= 0.3 is 6.09 Å². The smallest absolute Gasteiger partial charge is 0.408 e. The molecular weight excluding hydrogens is 228 g/mol. The van der Waals surface area contributed by atoms with Gasteiger partial charge in [0.25, 0.3) is 0 Å². The van der Waals surface area contributed by atoms with Crippen LogP contribution in [0, 0.1) is 12.3 Å². The number of hydrogen-bond acceptors (Lipinski definition) is 3. The van der Waals surface area contributed by atoms with E-state index in [2.05, 4.69) is 11.2 Å². The van der Waals surface area contributed by atoms with Gasteiger partial charge in [0.15, 0.2) is 0 Å². The molecule has 1 amide bonds. The predicted molar refractivity (Wildman–Crippen MR) is 70.7 cm³/mol. The molecule has 1 atom stereocenters. The Labute approximate surface area is 108 Å². The highest BCUT2D eigenvalue weighted by atomic mass is 16.5. The van der Waals surface area contributed by atoms with Gasteiger partial charge in [-0.05, 0) is 24.9 Å². The monoisotopic (exact) mass is 246 g/mol. The van der Waals surface area contributed by atoms with E-state index >= 15 is 0 Å². The molecule has 0 radical (unpaired) electrons. The molecule has 0 aliphatic rings. The third kappa shape index (κ3) is 5.37. The number of terminal acetylenes is 1. The van der Waals surface area contributed by atoms with Crippen molar-refractivity contribution in [1.29, 1.82) is 0 Å². The van der Waals surface area contributed by atoms with E-state index in [0.29, 0.717) is 13.0 Å². The number of hydrogen-bond donors (Lipinski definition) is 2. The highest BCUT2D eigenvalue weighted by Gasteiger charge is 2.09. The number of benzene rings is 1. The third-order valence-corrected chi connectivity index (χ3v) is 2.40. The maximum Gasteiger partial charge on any atom is 0.408 e. The minimum absolute atomic E-state index is 0.237. The van der Waals surface area contributed by atoms with Gasteiger partial charge in [0, 0.05) is 0 Å². The van der Waals surface area contributed by atoms with Crippen molar-refractivity contribution in [3.63, 3.8) is 0 Å². The van der Waals surface area contributed by atoms with Crippen molar-refractivity contribution < 1.29 is 9.53 Å². The van der Waals surface area contributed by atoms with Gasteiger partial charge in [0.1, 0.15) is 6.61 Å². The standard InChI is InChI=1S/C14H18N2O2/c1-2-13(9-6-10-15)16-14(17)18-11-12-7-4-3-5-8-12/h1,3-5,7-8,13H,6,9-11,15H2,(H,16,17). The average molecular weight is 246 g/mol. The summed E-state index contributed by atoms with van der Waals surface area (Å²) in [5.74, 6) is 2.50. The molecule has 0 aliphatic carbocycles. The summed E-state index contributed by atoms with van der Waals surface area (Å²) in [6.07, 6.45) is 6.24. The highest BCUT2D eigenvalue weighted by Crippen LogP contribution is 2.01. The van der Waals surface area contributed by atoms with E-state index in [1.807, 2.05) is 30.3 Å². The van der Waals surface area contributed by atoms with E-state index < -0.39 is 6.09 Å². The third-order valence-electron chi connectivity index (χ3n) is 2.40. The summed E-state index contributed by atoms with van der Waals surface area (Å²) >= 11 is 0. The summed E-state index contributed by atoms with van der Waals surface area (Å²) in [6.45, 7) is 0.791. The molecule has 0 aliphatic heterocycles. The number of amides is 1. The molecule has 1 rings (SSSR count). The van der Waals surface area contributed by atoms with E-state index in [1.165, 1.54) is 0 Å². The number of nitrogens with two attached hydrogens (primary N) is 1. The number of alkyl carbamates (subject to hydrolysis) is 1. The summed E-state index contributed by atoms with van der Waals surface area (Å²) in [4.78, 5) is 11.5. The van der Waals surface area contributed by atoms with Gasteiger partial charge in [0.05, 0.1) is 6.04 Å². The van der Waals surface area contributed by atoms with Gasteiger partial charge in [-0.25, -0.2) is 4.79 Å². The van der Waals surface area contributed by atoms with Crippen molar-refractivity contribution >= 4 is 6.09 Å². The van der Waals surface area contributed by atoms with E-state index in [-0.39, 0.29) is 12.6 Å². The second kappa shape index (κ2) is 8.15. The quantitative estimate of drug-likeness (QED) is 0.750. The number of carbonyl (C=O) groups is 1. The molecule has 0 fully saturated rings. The zero-order chi connectivity index (χ0) is 13.2. The van der Waals surface area contributed by atoms with Crippen LogP contribution in [0.3, 0.4) is 0 Å². The fourth-order valence-corrected chi connectivity index (χ4v) is 1.43. The van der Waals surface area contributed by atoms with Crippen LogP contribution in [0.25, 0.3) is 0 Å². The summed E-state index contributed by atoms with van der Waals surface area (Å²) in [7, 11) is 0. The fourth-order valence-electron chi connectivity index (χ4n) is 1.43. The van der Waals surface area contributed by atoms with Crippen molar-refractivity contribution in [1.82, 2.24) is 5.32 Å². The number of rotatable bonds is 6. The second-order valence-electron chi connectivity index (χ2n) is 3.86. The normalized spacial score (nSPS) is 11.3. The van der Waals surface area contributed by atoms with Crippen LogP contribution in [-0.4, -0.2) is 18.7 Å². The van der Waals surface area contributed by atoms with Gasteiger partial charge in [-0.3, -0.25) is 0 Å². The minimum Gasteiger partial charge on any atom is -0.445 e. The summed E-state index contributed by atoms with van der Waals surface area (Å²) in [6, 6.07) is 9.15. The molecule has 0 saturated carbocycles. The number of nitrogens with one attached hydrogen (secondary N) is 1. The molecule has 1 aromatic rings. The molecule has 4 nitrogen and oxygen atoms in total. The van der Waals surface area contributed by atoms with Crippen molar-refractivity contribution in [2.75, 3.05) is 6.54 Å². The molecule has 3 N–H and O–H groups in total. The van der Waals surface area contributed by atoms with Crippen LogP contribution in [-0.2, 0) is 11.3 Å². The Morgan fingerprint density at radius 2 is 2.17 bits per heavy atom. The van der Waals surface area contributed by atoms with Crippen LogP contribution >= 0.6 is 0 Å². The Hall–Kier alpha value is -1.99. The molecule has 1 unspecified atom stereocenters. The number of carbonyl (C=O) groups excluding carboxylic acids is 1. The van der Waals surface area contributed by atoms with Crippen LogP contribution in [0.1, 0.15) is 18.4 Å². The zero-order valence-corrected chi connectivity index (χ0v) is 10.3. The van der Waals surface area contributed by atoms with E-state index in [0.717, 1.165) is 12.0 Å². The topological polar surface area (TPSA) is 64.3 Å². The Balaban J connectivity index is 2.30. The fraction of sp³-hybridized carbons (Fsp3) is 0.357. The lowest BCUT2D eigenvalue weighted by atomic mass is 10.2. The van der Waals surface area contributed by atoms with Crippen molar-refractivity contribution in [2.45, 2.75) is 25.5 Å². The van der Waals surface area contributed by atoms with Gasteiger partial charge < -0.3 is 15.8 Å². The molecule has 0 saturated heterocycles. The lowest BCUT2D eigenvalue weighted by molar-refractivity contribution is 0.137. The first kappa shape index (κ1) is 14.1. The van der Waals surface area contributed by atoms with E-state index in [9.17, 15) is 4.79 Å². The largest absolute Gasteiger partial charge is 0.445 e. The molecule has 18 heavy (non-hydrogen) atoms. The van der Waals surface area contributed by atoms with Crippen molar-refractivity contribution in [3.05, 3.63) is 35.9 Å². The molecule has 96 valence electrons.